The molecule has 1 unspecified atom stereocenters. The third kappa shape index (κ3) is 6.72. The molecule has 9 heteroatoms. The van der Waals surface area contributed by atoms with Gasteiger partial charge in [-0.05, 0) is 30.5 Å². The molecule has 0 aromatic heterocycles. The lowest BCUT2D eigenvalue weighted by Crippen LogP contribution is -2.48. The molecule has 1 atom stereocenters. The first-order valence-electron chi connectivity index (χ1n) is 9.46. The number of amides is 1. The SMILES string of the molecule is COCCCNC(=O)C(Cc1ccccc1)NS(=O)(=O)c1ccc(OC)c(OC)c1. The molecule has 0 aliphatic heterocycles. The maximum atomic E-state index is 13.0. The van der Waals surface area contributed by atoms with Crippen molar-refractivity contribution in [3.05, 3.63) is 54.1 Å². The van der Waals surface area contributed by atoms with Crippen LogP contribution in [0.2, 0.25) is 0 Å². The Bertz CT molecular complexity index is 918. The molecule has 2 rings (SSSR count). The summed E-state index contributed by atoms with van der Waals surface area (Å²) >= 11 is 0. The minimum absolute atomic E-state index is 0.0228. The molecule has 0 saturated carbocycles. The maximum absolute atomic E-state index is 13.0. The van der Waals surface area contributed by atoms with E-state index in [-0.39, 0.29) is 17.1 Å². The normalized spacial score (nSPS) is 12.2. The van der Waals surface area contributed by atoms with Gasteiger partial charge in [-0.1, -0.05) is 30.3 Å². The molecule has 0 radical (unpaired) electrons. The smallest absolute Gasteiger partial charge is 0.241 e. The Labute approximate surface area is 177 Å². The molecule has 2 aromatic rings. The van der Waals surface area contributed by atoms with Crippen LogP contribution in [0.5, 0.6) is 11.5 Å². The van der Waals surface area contributed by atoms with Crippen molar-refractivity contribution in [1.29, 1.82) is 0 Å². The predicted molar refractivity (Wildman–Crippen MR) is 113 cm³/mol. The number of sulfonamides is 1. The van der Waals surface area contributed by atoms with Crippen LogP contribution in [0, 0.1) is 0 Å². The topological polar surface area (TPSA) is 103 Å². The number of methoxy groups -OCH3 is 3. The Morgan fingerprint density at radius 2 is 1.70 bits per heavy atom. The maximum Gasteiger partial charge on any atom is 0.241 e. The summed E-state index contributed by atoms with van der Waals surface area (Å²) in [4.78, 5) is 12.7. The van der Waals surface area contributed by atoms with Crippen LogP contribution in [0.3, 0.4) is 0 Å². The number of nitrogens with one attached hydrogen (secondary N) is 2. The quantitative estimate of drug-likeness (QED) is 0.492. The van der Waals surface area contributed by atoms with Crippen LogP contribution < -0.4 is 19.5 Å². The highest BCUT2D eigenvalue weighted by Crippen LogP contribution is 2.29. The number of hydrogen-bond donors (Lipinski definition) is 2. The standard InChI is InChI=1S/C21H28N2O6S/c1-27-13-7-12-22-21(24)18(14-16-8-5-4-6-9-16)23-30(25,26)17-10-11-19(28-2)20(15-17)29-3/h4-6,8-11,15,18,23H,7,12-14H2,1-3H3,(H,22,24). The van der Waals surface area contributed by atoms with Crippen molar-refractivity contribution in [2.24, 2.45) is 0 Å². The largest absolute Gasteiger partial charge is 0.493 e. The van der Waals surface area contributed by atoms with E-state index >= 15 is 0 Å². The third-order valence-corrected chi connectivity index (χ3v) is 5.86. The van der Waals surface area contributed by atoms with Gasteiger partial charge in [0, 0.05) is 26.3 Å². The first-order chi connectivity index (χ1) is 14.4. The van der Waals surface area contributed by atoms with Gasteiger partial charge in [0.1, 0.15) is 6.04 Å². The second kappa shape index (κ2) is 11.5. The van der Waals surface area contributed by atoms with Gasteiger partial charge >= 0.3 is 0 Å². The number of benzene rings is 2. The lowest BCUT2D eigenvalue weighted by molar-refractivity contribution is -0.122. The monoisotopic (exact) mass is 436 g/mol. The fourth-order valence-electron chi connectivity index (χ4n) is 2.83. The second-order valence-corrected chi connectivity index (χ2v) is 8.23. The van der Waals surface area contributed by atoms with Crippen molar-refractivity contribution in [3.63, 3.8) is 0 Å². The van der Waals surface area contributed by atoms with Gasteiger partial charge in [0.15, 0.2) is 11.5 Å². The van der Waals surface area contributed by atoms with E-state index in [1.807, 2.05) is 30.3 Å². The van der Waals surface area contributed by atoms with Crippen molar-refractivity contribution in [2.75, 3.05) is 34.5 Å². The van der Waals surface area contributed by atoms with Crippen LogP contribution in [-0.4, -0.2) is 54.8 Å². The molecule has 8 nitrogen and oxygen atoms in total. The molecule has 0 spiro atoms. The van der Waals surface area contributed by atoms with Crippen molar-refractivity contribution in [2.45, 2.75) is 23.8 Å². The van der Waals surface area contributed by atoms with Crippen molar-refractivity contribution in [1.82, 2.24) is 10.0 Å². The van der Waals surface area contributed by atoms with E-state index in [1.54, 1.807) is 7.11 Å². The van der Waals surface area contributed by atoms with Gasteiger partial charge in [0.05, 0.1) is 19.1 Å². The van der Waals surface area contributed by atoms with Crippen LogP contribution in [0.15, 0.2) is 53.4 Å². The molecule has 0 bridgehead atoms. The van der Waals surface area contributed by atoms with Crippen molar-refractivity contribution >= 4 is 15.9 Å². The highest BCUT2D eigenvalue weighted by Gasteiger charge is 2.26. The number of rotatable bonds is 12. The molecule has 1 amide bonds. The van der Waals surface area contributed by atoms with Crippen LogP contribution in [0.4, 0.5) is 0 Å². The Morgan fingerprint density at radius 1 is 1.00 bits per heavy atom. The molecule has 0 aliphatic carbocycles. The summed E-state index contributed by atoms with van der Waals surface area (Å²) in [6.07, 6.45) is 0.839. The number of carbonyl (C=O) groups is 1. The summed E-state index contributed by atoms with van der Waals surface area (Å²) in [5.41, 5.74) is 0.838. The Hall–Kier alpha value is -2.62. The Balaban J connectivity index is 2.23. The first-order valence-corrected chi connectivity index (χ1v) is 10.9. The molecule has 0 heterocycles. The van der Waals surface area contributed by atoms with Crippen molar-refractivity contribution in [3.8, 4) is 11.5 Å². The predicted octanol–water partition coefficient (Wildman–Crippen LogP) is 1.75. The van der Waals surface area contributed by atoms with Crippen molar-refractivity contribution < 1.29 is 27.4 Å². The summed E-state index contributed by atoms with van der Waals surface area (Å²) in [6, 6.07) is 12.5. The van der Waals surface area contributed by atoms with Gasteiger partial charge in [-0.25, -0.2) is 8.42 Å². The Morgan fingerprint density at radius 3 is 2.33 bits per heavy atom. The zero-order valence-electron chi connectivity index (χ0n) is 17.4. The van der Waals surface area contributed by atoms with Crippen LogP contribution in [-0.2, 0) is 26.0 Å². The number of carbonyl (C=O) groups excluding carboxylic acids is 1. The second-order valence-electron chi connectivity index (χ2n) is 6.52. The lowest BCUT2D eigenvalue weighted by Gasteiger charge is -2.19. The van der Waals surface area contributed by atoms with Gasteiger partial charge in [0.25, 0.3) is 0 Å². The van der Waals surface area contributed by atoms with Gasteiger partial charge in [-0.3, -0.25) is 4.79 Å². The molecule has 2 N–H and O–H groups in total. The highest BCUT2D eigenvalue weighted by molar-refractivity contribution is 7.89. The minimum Gasteiger partial charge on any atom is -0.493 e. The third-order valence-electron chi connectivity index (χ3n) is 4.39. The molecule has 30 heavy (non-hydrogen) atoms. The average molecular weight is 437 g/mol. The van der Waals surface area contributed by atoms with Crippen LogP contribution in [0.1, 0.15) is 12.0 Å². The van der Waals surface area contributed by atoms with E-state index in [9.17, 15) is 13.2 Å². The zero-order valence-corrected chi connectivity index (χ0v) is 18.2. The molecule has 164 valence electrons. The fourth-order valence-corrected chi connectivity index (χ4v) is 4.04. The zero-order chi connectivity index (χ0) is 22.0. The molecule has 0 aliphatic rings. The summed E-state index contributed by atoms with van der Waals surface area (Å²) in [7, 11) is 0.482. The average Bonchev–Trinajstić information content (AvgIpc) is 2.76. The molecule has 2 aromatic carbocycles. The Kier molecular flexibility index (Phi) is 9.10. The van der Waals surface area contributed by atoms with Gasteiger partial charge < -0.3 is 19.5 Å². The first kappa shape index (κ1) is 23.7. The lowest BCUT2D eigenvalue weighted by atomic mass is 10.1. The minimum atomic E-state index is -3.99. The van der Waals surface area contributed by atoms with E-state index in [1.165, 1.54) is 32.4 Å². The molecule has 0 saturated heterocycles. The van der Waals surface area contributed by atoms with Crippen LogP contribution in [0.25, 0.3) is 0 Å². The highest BCUT2D eigenvalue weighted by atomic mass is 32.2. The van der Waals surface area contributed by atoms with E-state index in [0.29, 0.717) is 25.3 Å². The number of ether oxygens (including phenoxy) is 3. The molecule has 0 fully saturated rings. The summed E-state index contributed by atoms with van der Waals surface area (Å²) in [5.74, 6) is 0.288. The van der Waals surface area contributed by atoms with E-state index in [0.717, 1.165) is 5.56 Å². The number of hydrogen-bond acceptors (Lipinski definition) is 6. The molecular formula is C21H28N2O6S. The van der Waals surface area contributed by atoms with Gasteiger partial charge in [0.2, 0.25) is 15.9 Å². The molecular weight excluding hydrogens is 408 g/mol. The van der Waals surface area contributed by atoms with E-state index < -0.39 is 22.0 Å². The van der Waals surface area contributed by atoms with Crippen LogP contribution >= 0.6 is 0 Å². The summed E-state index contributed by atoms with van der Waals surface area (Å²) in [6.45, 7) is 0.886. The summed E-state index contributed by atoms with van der Waals surface area (Å²) in [5, 5.41) is 2.76. The summed E-state index contributed by atoms with van der Waals surface area (Å²) < 4.78 is 43.8. The fraction of sp³-hybridized carbons (Fsp3) is 0.381. The van der Waals surface area contributed by atoms with Gasteiger partial charge in [-0.2, -0.15) is 4.72 Å². The van der Waals surface area contributed by atoms with E-state index in [4.69, 9.17) is 14.2 Å². The van der Waals surface area contributed by atoms with E-state index in [2.05, 4.69) is 10.0 Å². The van der Waals surface area contributed by atoms with Gasteiger partial charge in [-0.15, -0.1) is 0 Å².